The third-order valence-corrected chi connectivity index (χ3v) is 28.2. The molecular formula is C108H90. The zero-order chi connectivity index (χ0) is 73.6. The van der Waals surface area contributed by atoms with Gasteiger partial charge in [0.25, 0.3) is 0 Å². The highest BCUT2D eigenvalue weighted by Crippen LogP contribution is 2.68. The molecule has 0 unspecified atom stereocenters. The number of benzene rings is 20. The van der Waals surface area contributed by atoms with Gasteiger partial charge in [0.05, 0.1) is 0 Å². The van der Waals surface area contributed by atoms with Crippen molar-refractivity contribution in [1.29, 1.82) is 0 Å². The summed E-state index contributed by atoms with van der Waals surface area (Å²) in [6.07, 6.45) is 0. The lowest BCUT2D eigenvalue weighted by atomic mass is 9.60. The second kappa shape index (κ2) is 19.4. The topological polar surface area (TPSA) is 0 Å². The van der Waals surface area contributed by atoms with Gasteiger partial charge in [0.15, 0.2) is 0 Å². The molecule has 0 heterocycles. The van der Waals surface area contributed by atoms with Crippen molar-refractivity contribution in [1.82, 2.24) is 0 Å². The Hall–Kier alpha value is -10.4. The maximum absolute atomic E-state index is 2.78. The Bertz CT molecular complexity index is 6610. The van der Waals surface area contributed by atoms with Crippen LogP contribution >= 0.6 is 0 Å². The lowest BCUT2D eigenvalue weighted by molar-refractivity contribution is 0.590. The summed E-state index contributed by atoms with van der Waals surface area (Å²) in [5.41, 5.74) is 24.7. The summed E-state index contributed by atoms with van der Waals surface area (Å²) in [5.74, 6) is 0.442. The van der Waals surface area contributed by atoms with Crippen LogP contribution in [0.3, 0.4) is 0 Å². The molecule has 20 aromatic rings. The molecule has 0 N–H and O–H groups in total. The third-order valence-electron chi connectivity index (χ3n) is 28.2. The van der Waals surface area contributed by atoms with Crippen molar-refractivity contribution >= 4 is 162 Å². The Morgan fingerprint density at radius 3 is 0.491 bits per heavy atom. The van der Waals surface area contributed by atoms with Crippen molar-refractivity contribution in [3.63, 3.8) is 0 Å². The van der Waals surface area contributed by atoms with Crippen molar-refractivity contribution in [2.45, 2.75) is 181 Å². The van der Waals surface area contributed by atoms with Crippen LogP contribution in [0.5, 0.6) is 0 Å². The van der Waals surface area contributed by atoms with Crippen LogP contribution in [0.2, 0.25) is 0 Å². The smallest absolute Gasteiger partial charge is 0.0349 e. The first-order valence-electron chi connectivity index (χ1n) is 40.3. The van der Waals surface area contributed by atoms with E-state index in [1.165, 1.54) is 262 Å². The number of rotatable bonds is 0. The second-order valence-electron chi connectivity index (χ2n) is 40.3. The van der Waals surface area contributed by atoms with Crippen molar-refractivity contribution in [3.05, 3.63) is 294 Å². The summed E-state index contributed by atoms with van der Waals surface area (Å²) in [7, 11) is 0. The Morgan fingerprint density at radius 1 is 0.148 bits per heavy atom. The monoisotopic (exact) mass is 1390 g/mol. The van der Waals surface area contributed by atoms with Gasteiger partial charge in [-0.3, -0.25) is 0 Å². The van der Waals surface area contributed by atoms with Gasteiger partial charge in [0.1, 0.15) is 0 Å². The van der Waals surface area contributed by atoms with Crippen LogP contribution in [0.1, 0.15) is 248 Å². The molecule has 0 heteroatoms. The minimum absolute atomic E-state index is 0.111. The maximum Gasteiger partial charge on any atom is 0.0349 e. The zero-order valence-electron chi connectivity index (χ0n) is 65.8. The summed E-state index contributed by atoms with van der Waals surface area (Å²) in [4.78, 5) is 0. The van der Waals surface area contributed by atoms with Gasteiger partial charge >= 0.3 is 0 Å². The van der Waals surface area contributed by atoms with Crippen LogP contribution < -0.4 is 0 Å². The van der Waals surface area contributed by atoms with Crippen molar-refractivity contribution in [3.8, 4) is 0 Å². The molecule has 26 rings (SSSR count). The standard InChI is InChI=1S/C108H90/c1-103(2,3)51-35-39-63-67(43-51)87-95-91-83(63)75-47-71-72(80-57-29-21-19-27-55(57)79(71)56-28-20-22-30-58(56)80)48-76(75)84-65-41-37-53(105(7,8)9)45-69(65)89-97(92(84)91)100-98-90(102(89)108(16,17)18)70-46-54(106(10,11)12)38-42-66(70)86-78-50-74-73(81-59-31-23-25-33-61(59)82(74)62-34-26-24-32-60(62)81)49-77(78)85-64-40-36-52(104(4,5)6)44-68(64)88(101(87)107(13,14)15)96(99(95)100)93(85)94(86)98/h19-50,79-82H,1-18H3. The summed E-state index contributed by atoms with van der Waals surface area (Å²) in [6, 6.07) is 80.5. The molecule has 6 aliphatic carbocycles. The first-order valence-corrected chi connectivity index (χ1v) is 40.3. The number of hydrogen-bond acceptors (Lipinski definition) is 0. The average Bonchev–Trinajstić information content (AvgIpc) is 0.630. The highest BCUT2D eigenvalue weighted by Gasteiger charge is 2.46. The molecule has 6 aliphatic rings. The van der Waals surface area contributed by atoms with E-state index in [2.05, 4.69) is 319 Å². The predicted molar refractivity (Wildman–Crippen MR) is 467 cm³/mol. The molecule has 4 bridgehead atoms. The quantitative estimate of drug-likeness (QED) is 0.105. The van der Waals surface area contributed by atoms with Gasteiger partial charge in [0, 0.05) is 23.7 Å². The van der Waals surface area contributed by atoms with E-state index in [9.17, 15) is 0 Å². The summed E-state index contributed by atoms with van der Waals surface area (Å²) >= 11 is 0. The molecule has 0 spiro atoms. The van der Waals surface area contributed by atoms with E-state index < -0.39 is 0 Å². The zero-order valence-corrected chi connectivity index (χ0v) is 65.8. The fourth-order valence-electron chi connectivity index (χ4n) is 23.7. The molecule has 108 heavy (non-hydrogen) atoms. The Labute approximate surface area is 632 Å². The lowest BCUT2D eigenvalue weighted by Crippen LogP contribution is -2.27. The number of hydrogen-bond donors (Lipinski definition) is 0. The van der Waals surface area contributed by atoms with Gasteiger partial charge in [-0.1, -0.05) is 270 Å². The summed E-state index contributed by atoms with van der Waals surface area (Å²) in [6.45, 7) is 44.7. The molecule has 0 nitrogen and oxygen atoms in total. The molecule has 522 valence electrons. The lowest BCUT2D eigenvalue weighted by Gasteiger charge is -2.42. The van der Waals surface area contributed by atoms with Crippen molar-refractivity contribution in [2.75, 3.05) is 0 Å². The Morgan fingerprint density at radius 2 is 0.315 bits per heavy atom. The molecular weight excluding hydrogens is 1300 g/mol. The molecule has 0 amide bonds. The number of fused-ring (bicyclic) bond motifs is 18. The molecule has 0 saturated heterocycles. The van der Waals surface area contributed by atoms with Crippen LogP contribution in [-0.2, 0) is 32.5 Å². The highest BCUT2D eigenvalue weighted by atomic mass is 14.5. The van der Waals surface area contributed by atoms with E-state index in [1.807, 2.05) is 0 Å². The maximum atomic E-state index is 2.78. The highest BCUT2D eigenvalue weighted by molar-refractivity contribution is 6.63. The van der Waals surface area contributed by atoms with E-state index >= 15 is 0 Å². The van der Waals surface area contributed by atoms with E-state index in [0.29, 0.717) is 0 Å². The molecule has 0 fully saturated rings. The van der Waals surface area contributed by atoms with E-state index in [0.717, 1.165) is 0 Å². The normalized spacial score (nSPS) is 17.5. The van der Waals surface area contributed by atoms with Gasteiger partial charge in [0.2, 0.25) is 0 Å². The van der Waals surface area contributed by atoms with Crippen molar-refractivity contribution < 1.29 is 0 Å². The van der Waals surface area contributed by atoms with E-state index in [-0.39, 0.29) is 56.2 Å². The van der Waals surface area contributed by atoms with Crippen LogP contribution in [0, 0.1) is 0 Å². The van der Waals surface area contributed by atoms with Gasteiger partial charge in [-0.2, -0.15) is 0 Å². The molecule has 0 aliphatic heterocycles. The molecule has 0 atom stereocenters. The van der Waals surface area contributed by atoms with Crippen LogP contribution in [-0.4, -0.2) is 0 Å². The van der Waals surface area contributed by atoms with E-state index in [4.69, 9.17) is 0 Å². The minimum Gasteiger partial charge on any atom is -0.0619 e. The Kier molecular flexibility index (Phi) is 11.2. The van der Waals surface area contributed by atoms with Gasteiger partial charge in [-0.25, -0.2) is 0 Å². The molecule has 0 saturated carbocycles. The predicted octanol–water partition coefficient (Wildman–Crippen LogP) is 29.9. The fourth-order valence-corrected chi connectivity index (χ4v) is 23.7. The van der Waals surface area contributed by atoms with Gasteiger partial charge < -0.3 is 0 Å². The Balaban J connectivity index is 1.07. The first kappa shape index (κ1) is 62.6. The van der Waals surface area contributed by atoms with Crippen LogP contribution in [0.4, 0.5) is 0 Å². The minimum atomic E-state index is -0.347. The van der Waals surface area contributed by atoms with E-state index in [1.54, 1.807) is 0 Å². The fraction of sp³-hybridized carbons (Fsp3) is 0.259. The SMILES string of the molecule is CC(C)(C)c1ccc2c(c1)c1c(C(C)(C)C)c3c4cc(C(C)(C)C)ccc4c4c5cc6c(cc5c5c7ccc(C(C)(C)C)cc7c7c(C(C)(C)C)c8c9cc(C(C)(C)C)ccc9c9c%10cc%11c(cc%10c2c2c1c1c3c4c5c7c1c8c92)C1c2ccccc2C%11c2ccccc21)C1c2ccccc2C6c2ccccc21. The average molecular weight is 1390 g/mol. The molecule has 0 aromatic heterocycles. The van der Waals surface area contributed by atoms with Crippen LogP contribution in [0.15, 0.2) is 194 Å². The van der Waals surface area contributed by atoms with Gasteiger partial charge in [-0.05, 0) is 343 Å². The first-order chi connectivity index (χ1) is 51.5. The third kappa shape index (κ3) is 7.33. The van der Waals surface area contributed by atoms with Crippen LogP contribution in [0.25, 0.3) is 162 Å². The largest absolute Gasteiger partial charge is 0.0619 e. The van der Waals surface area contributed by atoms with Gasteiger partial charge in [-0.15, -0.1) is 0 Å². The second-order valence-corrected chi connectivity index (χ2v) is 40.3. The summed E-state index contributed by atoms with van der Waals surface area (Å²) in [5, 5.41) is 42.4. The molecule has 20 aromatic carbocycles. The molecule has 0 radical (unpaired) electrons. The van der Waals surface area contributed by atoms with Crippen molar-refractivity contribution in [2.24, 2.45) is 0 Å². The summed E-state index contributed by atoms with van der Waals surface area (Å²) < 4.78 is 0.